The van der Waals surface area contributed by atoms with E-state index in [0.29, 0.717) is 15.4 Å². The van der Waals surface area contributed by atoms with Crippen molar-refractivity contribution in [2.75, 3.05) is 0 Å². The number of benzene rings is 2. The van der Waals surface area contributed by atoms with Gasteiger partial charge in [0.1, 0.15) is 6.04 Å². The summed E-state index contributed by atoms with van der Waals surface area (Å²) in [5.41, 5.74) is 0.748. The molecule has 0 bridgehead atoms. The summed E-state index contributed by atoms with van der Waals surface area (Å²) < 4.78 is 52.3. The number of carboxylic acids is 1. The van der Waals surface area contributed by atoms with Crippen molar-refractivity contribution in [3.63, 3.8) is 0 Å². The normalized spacial score (nSPS) is 12.7. The van der Waals surface area contributed by atoms with Crippen molar-refractivity contribution in [1.82, 2.24) is 4.31 Å². The smallest absolute Gasteiger partial charge is 0.322 e. The fourth-order valence-corrected chi connectivity index (χ4v) is 4.37. The fraction of sp³-hybridized carbons (Fsp3) is 0.263. The second-order valence-corrected chi connectivity index (χ2v) is 8.46. The van der Waals surface area contributed by atoms with Crippen LogP contribution in [0.15, 0.2) is 53.4 Å². The minimum absolute atomic E-state index is 0.209. The molecule has 0 saturated heterocycles. The molecule has 0 saturated carbocycles. The molecular formula is C19H17ClF2N2O4S. The molecule has 0 aromatic heterocycles. The first-order valence-corrected chi connectivity index (χ1v) is 10.2. The summed E-state index contributed by atoms with van der Waals surface area (Å²) in [5.74, 6) is -1.53. The largest absolute Gasteiger partial charge is 0.480 e. The zero-order chi connectivity index (χ0) is 21.6. The molecular weight excluding hydrogens is 426 g/mol. The number of halogens is 3. The number of hydrogen-bond donors (Lipinski definition) is 1. The van der Waals surface area contributed by atoms with Crippen LogP contribution in [-0.4, -0.2) is 36.3 Å². The lowest BCUT2D eigenvalue weighted by molar-refractivity contribution is -0.142. The van der Waals surface area contributed by atoms with Crippen molar-refractivity contribution in [2.45, 2.75) is 36.7 Å². The lowest BCUT2D eigenvalue weighted by Gasteiger charge is -2.28. The molecule has 10 heteroatoms. The molecule has 0 spiro atoms. The second-order valence-electron chi connectivity index (χ2n) is 6.14. The van der Waals surface area contributed by atoms with Gasteiger partial charge in [0.15, 0.2) is 0 Å². The first-order chi connectivity index (χ1) is 13.6. The van der Waals surface area contributed by atoms with Gasteiger partial charge in [-0.05, 0) is 48.4 Å². The van der Waals surface area contributed by atoms with E-state index in [1.165, 1.54) is 48.5 Å². The number of hydrogen-bond acceptors (Lipinski definition) is 4. The first-order valence-electron chi connectivity index (χ1n) is 8.42. The molecule has 1 N–H and O–H groups in total. The zero-order valence-electron chi connectivity index (χ0n) is 15.0. The summed E-state index contributed by atoms with van der Waals surface area (Å²) in [5, 5.41) is 18.7. The topological polar surface area (TPSA) is 98.5 Å². The summed E-state index contributed by atoms with van der Waals surface area (Å²) in [6.07, 6.45) is -4.10. The highest BCUT2D eigenvalue weighted by Gasteiger charge is 2.36. The van der Waals surface area contributed by atoms with Gasteiger partial charge in [0.05, 0.1) is 16.5 Å². The quantitative estimate of drug-likeness (QED) is 0.635. The molecule has 0 aliphatic rings. The highest BCUT2D eigenvalue weighted by Crippen LogP contribution is 2.25. The van der Waals surface area contributed by atoms with Gasteiger partial charge in [0.25, 0.3) is 0 Å². The zero-order valence-corrected chi connectivity index (χ0v) is 16.6. The maximum absolute atomic E-state index is 13.1. The standard InChI is InChI=1S/C19H17ClF2N2O4S/c20-15-5-7-16(8-6-15)29(27,28)24(17(19(25)26)9-10-18(21)22)12-14-3-1-13(11-23)2-4-14/h1-8,17-18H,9-10,12H2,(H,25,26). The van der Waals surface area contributed by atoms with Crippen molar-refractivity contribution in [1.29, 1.82) is 5.26 Å². The Hall–Kier alpha value is -2.54. The molecule has 0 aliphatic heterocycles. The van der Waals surface area contributed by atoms with Gasteiger partial charge in [-0.2, -0.15) is 9.57 Å². The van der Waals surface area contributed by atoms with Gasteiger partial charge in [0, 0.05) is 18.0 Å². The van der Waals surface area contributed by atoms with E-state index in [1.54, 1.807) is 0 Å². The van der Waals surface area contributed by atoms with Crippen LogP contribution in [0.5, 0.6) is 0 Å². The third kappa shape index (κ3) is 5.97. The van der Waals surface area contributed by atoms with Crippen molar-refractivity contribution >= 4 is 27.6 Å². The monoisotopic (exact) mass is 442 g/mol. The average molecular weight is 443 g/mol. The lowest BCUT2D eigenvalue weighted by Crippen LogP contribution is -2.44. The third-order valence-corrected chi connectivity index (χ3v) is 6.25. The van der Waals surface area contributed by atoms with Crippen LogP contribution in [0.3, 0.4) is 0 Å². The Morgan fingerprint density at radius 3 is 2.17 bits per heavy atom. The predicted octanol–water partition coefficient (Wildman–Crippen LogP) is 3.90. The molecule has 2 aromatic rings. The predicted molar refractivity (Wildman–Crippen MR) is 102 cm³/mol. The van der Waals surface area contributed by atoms with Crippen LogP contribution in [0.4, 0.5) is 8.78 Å². The summed E-state index contributed by atoms with van der Waals surface area (Å²) in [4.78, 5) is 11.6. The third-order valence-electron chi connectivity index (χ3n) is 4.13. The van der Waals surface area contributed by atoms with Gasteiger partial charge in [-0.25, -0.2) is 17.2 Å². The molecule has 29 heavy (non-hydrogen) atoms. The van der Waals surface area contributed by atoms with Crippen LogP contribution in [0.1, 0.15) is 24.0 Å². The number of alkyl halides is 2. The Labute approximate surface area is 172 Å². The van der Waals surface area contributed by atoms with Gasteiger partial charge in [-0.15, -0.1) is 0 Å². The second kappa shape index (κ2) is 9.78. The van der Waals surface area contributed by atoms with Crippen molar-refractivity contribution in [2.24, 2.45) is 0 Å². The number of aliphatic carboxylic acids is 1. The molecule has 0 amide bonds. The number of nitrogens with zero attached hydrogens (tertiary/aromatic N) is 2. The molecule has 154 valence electrons. The van der Waals surface area contributed by atoms with Crippen LogP contribution in [0.25, 0.3) is 0 Å². The van der Waals surface area contributed by atoms with E-state index >= 15 is 0 Å². The summed E-state index contributed by atoms with van der Waals surface area (Å²) >= 11 is 5.78. The fourth-order valence-electron chi connectivity index (χ4n) is 2.64. The number of nitriles is 1. The molecule has 0 aliphatic carbocycles. The molecule has 1 unspecified atom stereocenters. The van der Waals surface area contributed by atoms with Crippen LogP contribution in [-0.2, 0) is 21.4 Å². The molecule has 0 heterocycles. The van der Waals surface area contributed by atoms with Gasteiger partial charge in [0.2, 0.25) is 16.4 Å². The van der Waals surface area contributed by atoms with Crippen LogP contribution >= 0.6 is 11.6 Å². The molecule has 0 fully saturated rings. The van der Waals surface area contributed by atoms with E-state index in [1.807, 2.05) is 6.07 Å². The van der Waals surface area contributed by atoms with Crippen molar-refractivity contribution in [3.05, 3.63) is 64.7 Å². The van der Waals surface area contributed by atoms with Gasteiger partial charge >= 0.3 is 5.97 Å². The van der Waals surface area contributed by atoms with E-state index in [4.69, 9.17) is 16.9 Å². The van der Waals surface area contributed by atoms with E-state index in [0.717, 1.165) is 0 Å². The highest BCUT2D eigenvalue weighted by molar-refractivity contribution is 7.89. The van der Waals surface area contributed by atoms with Gasteiger partial charge in [-0.3, -0.25) is 4.79 Å². The summed E-state index contributed by atoms with van der Waals surface area (Å²) in [6, 6.07) is 11.2. The Morgan fingerprint density at radius 1 is 1.10 bits per heavy atom. The maximum atomic E-state index is 13.1. The molecule has 2 rings (SSSR count). The van der Waals surface area contributed by atoms with E-state index < -0.39 is 41.3 Å². The van der Waals surface area contributed by atoms with E-state index in [-0.39, 0.29) is 16.5 Å². The van der Waals surface area contributed by atoms with E-state index in [2.05, 4.69) is 0 Å². The average Bonchev–Trinajstić information content (AvgIpc) is 2.67. The lowest BCUT2D eigenvalue weighted by atomic mass is 10.1. The van der Waals surface area contributed by atoms with Crippen LogP contribution in [0.2, 0.25) is 5.02 Å². The number of rotatable bonds is 9. The maximum Gasteiger partial charge on any atom is 0.322 e. The minimum atomic E-state index is -4.34. The Bertz CT molecular complexity index is 990. The van der Waals surface area contributed by atoms with Gasteiger partial charge in [-0.1, -0.05) is 23.7 Å². The summed E-state index contributed by atoms with van der Waals surface area (Å²) in [7, 11) is -4.34. The Morgan fingerprint density at radius 2 is 1.69 bits per heavy atom. The molecule has 1 atom stereocenters. The van der Waals surface area contributed by atoms with Crippen LogP contribution < -0.4 is 0 Å². The summed E-state index contributed by atoms with van der Waals surface area (Å²) in [6.45, 7) is -0.364. The first kappa shape index (κ1) is 22.7. The number of carboxylic acid groups (broad SMARTS) is 1. The van der Waals surface area contributed by atoms with Crippen molar-refractivity contribution < 1.29 is 27.1 Å². The highest BCUT2D eigenvalue weighted by atomic mass is 35.5. The Balaban J connectivity index is 2.48. The van der Waals surface area contributed by atoms with Gasteiger partial charge < -0.3 is 5.11 Å². The Kier molecular flexibility index (Phi) is 7.67. The SMILES string of the molecule is N#Cc1ccc(CN(C(CCC(F)F)C(=O)O)S(=O)(=O)c2ccc(Cl)cc2)cc1. The van der Waals surface area contributed by atoms with Crippen molar-refractivity contribution in [3.8, 4) is 6.07 Å². The molecule has 2 aromatic carbocycles. The minimum Gasteiger partial charge on any atom is -0.480 e. The molecule has 6 nitrogen and oxygen atoms in total. The van der Waals surface area contributed by atoms with E-state index in [9.17, 15) is 27.1 Å². The number of sulfonamides is 1. The number of carbonyl (C=O) groups is 1. The van der Waals surface area contributed by atoms with Crippen LogP contribution in [0, 0.1) is 11.3 Å². The molecule has 0 radical (unpaired) electrons.